The zero-order chi connectivity index (χ0) is 21.7. The summed E-state index contributed by atoms with van der Waals surface area (Å²) in [6.45, 7) is 9.42. The van der Waals surface area contributed by atoms with Crippen molar-refractivity contribution in [2.75, 3.05) is 50.7 Å². The molecule has 0 saturated carbocycles. The number of aromatic nitrogens is 2. The van der Waals surface area contributed by atoms with Crippen LogP contribution in [0.3, 0.4) is 0 Å². The van der Waals surface area contributed by atoms with Gasteiger partial charge in [-0.1, -0.05) is 6.08 Å². The summed E-state index contributed by atoms with van der Waals surface area (Å²) in [4.78, 5) is 16.6. The lowest BCUT2D eigenvalue weighted by Gasteiger charge is -2.42. The van der Waals surface area contributed by atoms with Crippen molar-refractivity contribution in [2.24, 2.45) is 0 Å². The molecule has 0 spiro atoms. The second-order valence-electron chi connectivity index (χ2n) is 9.02. The Hall–Kier alpha value is -3.37. The monoisotopic (exact) mass is 425 g/mol. The summed E-state index contributed by atoms with van der Waals surface area (Å²) in [5.41, 5.74) is 8.95. The Kier molecular flexibility index (Phi) is 4.62. The van der Waals surface area contributed by atoms with Crippen LogP contribution in [0.1, 0.15) is 18.9 Å². The molecule has 4 heterocycles. The highest BCUT2D eigenvalue weighted by Crippen LogP contribution is 2.40. The van der Waals surface area contributed by atoms with E-state index in [1.165, 1.54) is 22.5 Å². The van der Waals surface area contributed by atoms with Crippen LogP contribution in [-0.4, -0.2) is 71.6 Å². The van der Waals surface area contributed by atoms with E-state index < -0.39 is 0 Å². The Morgan fingerprint density at radius 2 is 1.88 bits per heavy atom. The minimum Gasteiger partial charge on any atom is -0.369 e. The van der Waals surface area contributed by atoms with Gasteiger partial charge in [0, 0.05) is 69.1 Å². The molecule has 1 atom stereocenters. The molecular weight excluding hydrogens is 398 g/mol. The van der Waals surface area contributed by atoms with Gasteiger partial charge < -0.3 is 20.0 Å². The molecule has 2 saturated heterocycles. The average molecular weight is 426 g/mol. The predicted molar refractivity (Wildman–Crippen MR) is 125 cm³/mol. The van der Waals surface area contributed by atoms with E-state index in [9.17, 15) is 5.26 Å². The number of anilines is 1. The standard InChI is InChI=1S/C25H27N7/c1-17-14-31(22-5-2-18(13-26)24-25(22)29-7-6-28-24)16-23-21-4-3-20(12-19(21)15-32(17)23)30-10-8-27-9-11-30/h2-3,5-7,12,17,27H,4,8-11,14-16H2,1H3/t17-/m1/s1. The molecule has 6 rings (SSSR count). The van der Waals surface area contributed by atoms with Crippen molar-refractivity contribution >= 4 is 16.7 Å². The fraction of sp³-hybridized carbons (Fsp3) is 0.400. The van der Waals surface area contributed by atoms with E-state index in [0.29, 0.717) is 17.1 Å². The molecule has 162 valence electrons. The highest BCUT2D eigenvalue weighted by atomic mass is 15.3. The Morgan fingerprint density at radius 1 is 1.06 bits per heavy atom. The fourth-order valence-electron chi connectivity index (χ4n) is 5.54. The van der Waals surface area contributed by atoms with E-state index in [1.807, 2.05) is 12.1 Å². The summed E-state index contributed by atoms with van der Waals surface area (Å²) >= 11 is 0. The first-order valence-corrected chi connectivity index (χ1v) is 11.5. The van der Waals surface area contributed by atoms with Gasteiger partial charge in [-0.15, -0.1) is 0 Å². The van der Waals surface area contributed by atoms with Gasteiger partial charge in [0.1, 0.15) is 17.1 Å². The molecule has 1 aromatic heterocycles. The van der Waals surface area contributed by atoms with Crippen LogP contribution in [0.5, 0.6) is 0 Å². The Morgan fingerprint density at radius 3 is 2.69 bits per heavy atom. The van der Waals surface area contributed by atoms with Crippen molar-refractivity contribution in [3.05, 3.63) is 64.8 Å². The van der Waals surface area contributed by atoms with E-state index in [4.69, 9.17) is 0 Å². The molecule has 3 aliphatic heterocycles. The van der Waals surface area contributed by atoms with Gasteiger partial charge in [0.05, 0.1) is 17.8 Å². The number of nitriles is 1. The van der Waals surface area contributed by atoms with Crippen LogP contribution in [-0.2, 0) is 0 Å². The van der Waals surface area contributed by atoms with E-state index in [2.05, 4.69) is 55.1 Å². The Balaban J connectivity index is 1.34. The molecular formula is C25H27N7. The van der Waals surface area contributed by atoms with Gasteiger partial charge >= 0.3 is 0 Å². The first-order chi connectivity index (χ1) is 15.7. The molecule has 2 aromatic rings. The van der Waals surface area contributed by atoms with Crippen molar-refractivity contribution in [1.29, 1.82) is 5.26 Å². The Labute approximate surface area is 188 Å². The quantitative estimate of drug-likeness (QED) is 0.792. The minimum absolute atomic E-state index is 0.405. The zero-order valence-corrected chi connectivity index (χ0v) is 18.4. The molecule has 7 nitrogen and oxygen atoms in total. The van der Waals surface area contributed by atoms with Gasteiger partial charge in [-0.2, -0.15) is 5.26 Å². The topological polar surface area (TPSA) is 71.3 Å². The van der Waals surface area contributed by atoms with E-state index in [0.717, 1.165) is 63.4 Å². The number of hydrogen-bond acceptors (Lipinski definition) is 7. The number of hydrogen-bond donors (Lipinski definition) is 1. The van der Waals surface area contributed by atoms with Crippen LogP contribution in [0.25, 0.3) is 11.0 Å². The summed E-state index contributed by atoms with van der Waals surface area (Å²) in [5, 5.41) is 12.9. The summed E-state index contributed by atoms with van der Waals surface area (Å²) in [6, 6.07) is 6.58. The Bertz CT molecular complexity index is 1210. The molecule has 1 aliphatic carbocycles. The summed E-state index contributed by atoms with van der Waals surface area (Å²) in [5.74, 6) is 0. The molecule has 1 N–H and O–H groups in total. The lowest BCUT2D eigenvalue weighted by molar-refractivity contribution is 0.273. The van der Waals surface area contributed by atoms with Gasteiger partial charge in [0.15, 0.2) is 0 Å². The number of piperazine rings is 2. The first-order valence-electron chi connectivity index (χ1n) is 11.5. The molecule has 0 unspecified atom stereocenters. The van der Waals surface area contributed by atoms with Crippen LogP contribution < -0.4 is 10.2 Å². The van der Waals surface area contributed by atoms with Gasteiger partial charge in [-0.25, -0.2) is 0 Å². The number of fused-ring (bicyclic) bond motifs is 3. The molecule has 1 aromatic carbocycles. The third kappa shape index (κ3) is 3.06. The molecule has 0 amide bonds. The van der Waals surface area contributed by atoms with Crippen LogP contribution in [0, 0.1) is 11.3 Å². The summed E-state index contributed by atoms with van der Waals surface area (Å²) in [6.07, 6.45) is 9.22. The molecule has 4 aliphatic rings. The number of allylic oxidation sites excluding steroid dienone is 2. The van der Waals surface area contributed by atoms with E-state index >= 15 is 0 Å². The lowest BCUT2D eigenvalue weighted by Crippen LogP contribution is -2.49. The normalized spacial score (nSPS) is 23.0. The third-order valence-corrected chi connectivity index (χ3v) is 7.17. The smallest absolute Gasteiger partial charge is 0.113 e. The molecule has 0 radical (unpaired) electrons. The second-order valence-corrected chi connectivity index (χ2v) is 9.02. The predicted octanol–water partition coefficient (Wildman–Crippen LogP) is 2.40. The zero-order valence-electron chi connectivity index (χ0n) is 18.4. The van der Waals surface area contributed by atoms with Crippen LogP contribution in [0.4, 0.5) is 5.69 Å². The third-order valence-electron chi connectivity index (χ3n) is 7.17. The maximum atomic E-state index is 9.48. The number of benzene rings is 1. The van der Waals surface area contributed by atoms with Crippen LogP contribution in [0.2, 0.25) is 0 Å². The number of rotatable bonds is 2. The van der Waals surface area contributed by atoms with Gasteiger partial charge in [-0.3, -0.25) is 9.97 Å². The SMILES string of the molecule is C[C@@H]1CN(c2ccc(C#N)c3nccnc23)CC2=C3CC=C(N4CCNCC4)C=C3CN21. The van der Waals surface area contributed by atoms with Crippen molar-refractivity contribution < 1.29 is 0 Å². The average Bonchev–Trinajstić information content (AvgIpc) is 3.22. The number of nitrogens with zero attached hydrogens (tertiary/aromatic N) is 6. The van der Waals surface area contributed by atoms with Crippen molar-refractivity contribution in [3.8, 4) is 6.07 Å². The minimum atomic E-state index is 0.405. The van der Waals surface area contributed by atoms with Crippen molar-refractivity contribution in [3.63, 3.8) is 0 Å². The first kappa shape index (κ1) is 19.3. The summed E-state index contributed by atoms with van der Waals surface area (Å²) in [7, 11) is 0. The fourth-order valence-corrected chi connectivity index (χ4v) is 5.54. The van der Waals surface area contributed by atoms with E-state index in [-0.39, 0.29) is 0 Å². The van der Waals surface area contributed by atoms with Crippen LogP contribution in [0.15, 0.2) is 59.2 Å². The lowest BCUT2D eigenvalue weighted by atomic mass is 9.96. The maximum absolute atomic E-state index is 9.48. The van der Waals surface area contributed by atoms with Gasteiger partial charge in [-0.05, 0) is 42.7 Å². The van der Waals surface area contributed by atoms with Crippen molar-refractivity contribution in [2.45, 2.75) is 19.4 Å². The maximum Gasteiger partial charge on any atom is 0.113 e. The molecule has 32 heavy (non-hydrogen) atoms. The van der Waals surface area contributed by atoms with Gasteiger partial charge in [0.25, 0.3) is 0 Å². The second kappa shape index (κ2) is 7.64. The van der Waals surface area contributed by atoms with Crippen LogP contribution >= 0.6 is 0 Å². The number of nitrogens with one attached hydrogen (secondary N) is 1. The highest BCUT2D eigenvalue weighted by Gasteiger charge is 2.37. The largest absolute Gasteiger partial charge is 0.369 e. The molecule has 2 fully saturated rings. The highest BCUT2D eigenvalue weighted by molar-refractivity contribution is 5.92. The van der Waals surface area contributed by atoms with Crippen molar-refractivity contribution in [1.82, 2.24) is 25.1 Å². The van der Waals surface area contributed by atoms with Gasteiger partial charge in [0.2, 0.25) is 0 Å². The molecule has 0 bridgehead atoms. The van der Waals surface area contributed by atoms with E-state index in [1.54, 1.807) is 12.4 Å². The summed E-state index contributed by atoms with van der Waals surface area (Å²) < 4.78 is 0. The molecule has 7 heteroatoms.